The summed E-state index contributed by atoms with van der Waals surface area (Å²) in [6.45, 7) is 7.85. The van der Waals surface area contributed by atoms with Crippen molar-refractivity contribution in [1.82, 2.24) is 0 Å². The second-order valence-corrected chi connectivity index (χ2v) is 5.04. The van der Waals surface area contributed by atoms with E-state index in [0.29, 0.717) is 0 Å². The normalized spacial score (nSPS) is 13.6. The molecule has 0 saturated heterocycles. The summed E-state index contributed by atoms with van der Waals surface area (Å²) in [5.74, 6) is -2.06. The fourth-order valence-electron chi connectivity index (χ4n) is 2.34. The lowest BCUT2D eigenvalue weighted by atomic mass is 9.80. The molecule has 4 heteroatoms. The maximum atomic E-state index is 12.1. The number of carbonyl (C=O) groups is 2. The van der Waals surface area contributed by atoms with Crippen molar-refractivity contribution in [3.05, 3.63) is 35.9 Å². The highest BCUT2D eigenvalue weighted by atomic mass is 16.6. The third-order valence-electron chi connectivity index (χ3n) is 3.72. The first kappa shape index (κ1) is 17.2. The van der Waals surface area contributed by atoms with Crippen LogP contribution >= 0.6 is 0 Å². The van der Waals surface area contributed by atoms with E-state index in [4.69, 9.17) is 9.47 Å². The third-order valence-corrected chi connectivity index (χ3v) is 3.72. The molecule has 4 nitrogen and oxygen atoms in total. The molecule has 1 aromatic carbocycles. The molecule has 0 aromatic heterocycles. The van der Waals surface area contributed by atoms with Crippen molar-refractivity contribution in [3.8, 4) is 0 Å². The van der Waals surface area contributed by atoms with Gasteiger partial charge in [0.2, 0.25) is 0 Å². The third kappa shape index (κ3) is 4.59. The summed E-state index contributed by atoms with van der Waals surface area (Å²) < 4.78 is 10.1. The molecule has 0 fully saturated rings. The van der Waals surface area contributed by atoms with Gasteiger partial charge in [-0.05, 0) is 31.2 Å². The molecule has 1 aromatic rings. The molecule has 0 aliphatic rings. The highest BCUT2D eigenvalue weighted by Crippen LogP contribution is 2.31. The second kappa shape index (κ2) is 8.45. The van der Waals surface area contributed by atoms with Crippen molar-refractivity contribution in [3.63, 3.8) is 0 Å². The van der Waals surface area contributed by atoms with Crippen molar-refractivity contribution in [1.29, 1.82) is 0 Å². The Hall–Kier alpha value is -1.84. The summed E-state index contributed by atoms with van der Waals surface area (Å²) in [6, 6.07) is 9.82. The highest BCUT2D eigenvalue weighted by molar-refractivity contribution is 5.95. The summed E-state index contributed by atoms with van der Waals surface area (Å²) >= 11 is 0. The van der Waals surface area contributed by atoms with Gasteiger partial charge in [0.1, 0.15) is 0 Å². The van der Waals surface area contributed by atoms with Gasteiger partial charge >= 0.3 is 11.9 Å². The number of hydrogen-bond donors (Lipinski definition) is 0. The van der Waals surface area contributed by atoms with E-state index >= 15 is 0 Å². The van der Waals surface area contributed by atoms with E-state index in [9.17, 15) is 9.59 Å². The van der Waals surface area contributed by atoms with Crippen LogP contribution in [0.25, 0.3) is 0 Å². The van der Waals surface area contributed by atoms with E-state index in [0.717, 1.165) is 5.56 Å². The quantitative estimate of drug-likeness (QED) is 0.572. The van der Waals surface area contributed by atoms with Gasteiger partial charge < -0.3 is 9.47 Å². The van der Waals surface area contributed by atoms with Gasteiger partial charge in [-0.25, -0.2) is 0 Å². The first-order valence-electron chi connectivity index (χ1n) is 7.41. The molecule has 21 heavy (non-hydrogen) atoms. The molecular formula is C17H24O4. The molecule has 116 valence electrons. The summed E-state index contributed by atoms with van der Waals surface area (Å²) in [4.78, 5) is 24.2. The van der Waals surface area contributed by atoms with E-state index in [1.165, 1.54) is 0 Å². The van der Waals surface area contributed by atoms with Crippen LogP contribution in [0.1, 0.15) is 39.2 Å². The van der Waals surface area contributed by atoms with Crippen LogP contribution in [0.5, 0.6) is 0 Å². The number of carbonyl (C=O) groups excluding carboxylic acids is 2. The minimum Gasteiger partial charge on any atom is -0.465 e. The Morgan fingerprint density at radius 1 is 0.952 bits per heavy atom. The van der Waals surface area contributed by atoms with Crippen LogP contribution in [0, 0.1) is 11.8 Å². The number of rotatable bonds is 7. The fraction of sp³-hybridized carbons (Fsp3) is 0.529. The molecule has 0 bridgehead atoms. The number of ether oxygens (including phenoxy) is 2. The van der Waals surface area contributed by atoms with Gasteiger partial charge in [0.05, 0.1) is 13.2 Å². The number of benzene rings is 1. The first-order valence-corrected chi connectivity index (χ1v) is 7.41. The molecule has 2 atom stereocenters. The van der Waals surface area contributed by atoms with Crippen molar-refractivity contribution >= 4 is 11.9 Å². The molecular weight excluding hydrogens is 268 g/mol. The van der Waals surface area contributed by atoms with Crippen molar-refractivity contribution in [2.24, 2.45) is 11.8 Å². The molecule has 0 N–H and O–H groups in total. The van der Waals surface area contributed by atoms with Crippen LogP contribution in [0.15, 0.2) is 30.3 Å². The Morgan fingerprint density at radius 2 is 1.43 bits per heavy atom. The molecule has 0 amide bonds. The van der Waals surface area contributed by atoms with Crippen LogP contribution in [0.2, 0.25) is 0 Å². The van der Waals surface area contributed by atoms with Crippen molar-refractivity contribution < 1.29 is 19.1 Å². The summed E-state index contributed by atoms with van der Waals surface area (Å²) in [5.41, 5.74) is 1.09. The standard InChI is InChI=1S/C17H24O4/c1-5-20-16(18)15(17(19)21-6-2)13(4)12(3)14-10-8-7-9-11-14/h7-13,15H,5-6H2,1-4H3/t12-,13-/m0/s1. The van der Waals surface area contributed by atoms with Crippen LogP contribution in [0.3, 0.4) is 0 Å². The van der Waals surface area contributed by atoms with Gasteiger partial charge in [-0.1, -0.05) is 44.2 Å². The van der Waals surface area contributed by atoms with E-state index in [-0.39, 0.29) is 25.0 Å². The maximum Gasteiger partial charge on any atom is 0.320 e. The van der Waals surface area contributed by atoms with Gasteiger partial charge in [-0.3, -0.25) is 9.59 Å². The van der Waals surface area contributed by atoms with E-state index < -0.39 is 17.9 Å². The molecule has 1 rings (SSSR count). The molecule has 0 heterocycles. The Kier molecular flexibility index (Phi) is 6.92. The first-order chi connectivity index (χ1) is 10.0. The molecule has 0 unspecified atom stereocenters. The fourth-order valence-corrected chi connectivity index (χ4v) is 2.34. The molecule has 0 saturated carbocycles. The molecule has 0 aliphatic carbocycles. The zero-order valence-electron chi connectivity index (χ0n) is 13.2. The predicted molar refractivity (Wildman–Crippen MR) is 80.8 cm³/mol. The van der Waals surface area contributed by atoms with Crippen LogP contribution in [0.4, 0.5) is 0 Å². The topological polar surface area (TPSA) is 52.6 Å². The van der Waals surface area contributed by atoms with Crippen LogP contribution < -0.4 is 0 Å². The lowest BCUT2D eigenvalue weighted by Gasteiger charge is -2.26. The Balaban J connectivity index is 2.96. The Labute approximate surface area is 126 Å². The van der Waals surface area contributed by atoms with Crippen LogP contribution in [-0.4, -0.2) is 25.2 Å². The number of hydrogen-bond acceptors (Lipinski definition) is 4. The molecule has 0 aliphatic heterocycles. The lowest BCUT2D eigenvalue weighted by Crippen LogP contribution is -2.35. The zero-order chi connectivity index (χ0) is 15.8. The van der Waals surface area contributed by atoms with Crippen molar-refractivity contribution in [2.75, 3.05) is 13.2 Å². The second-order valence-electron chi connectivity index (χ2n) is 5.04. The summed E-state index contributed by atoms with van der Waals surface area (Å²) in [5, 5.41) is 0. The average Bonchev–Trinajstić information content (AvgIpc) is 2.48. The van der Waals surface area contributed by atoms with E-state index in [1.807, 2.05) is 44.2 Å². The minimum atomic E-state index is -0.889. The van der Waals surface area contributed by atoms with Gasteiger partial charge in [-0.2, -0.15) is 0 Å². The lowest BCUT2D eigenvalue weighted by molar-refractivity contribution is -0.164. The summed E-state index contributed by atoms with van der Waals surface area (Å²) in [6.07, 6.45) is 0. The average molecular weight is 292 g/mol. The number of esters is 2. The van der Waals surface area contributed by atoms with Crippen molar-refractivity contribution in [2.45, 2.75) is 33.6 Å². The van der Waals surface area contributed by atoms with Gasteiger partial charge in [0.15, 0.2) is 5.92 Å². The van der Waals surface area contributed by atoms with Gasteiger partial charge in [-0.15, -0.1) is 0 Å². The van der Waals surface area contributed by atoms with Gasteiger partial charge in [0.25, 0.3) is 0 Å². The smallest absolute Gasteiger partial charge is 0.320 e. The van der Waals surface area contributed by atoms with E-state index in [1.54, 1.807) is 13.8 Å². The van der Waals surface area contributed by atoms with E-state index in [2.05, 4.69) is 0 Å². The predicted octanol–water partition coefficient (Wildman–Crippen LogP) is 3.17. The molecule has 0 spiro atoms. The van der Waals surface area contributed by atoms with Crippen LogP contribution in [-0.2, 0) is 19.1 Å². The monoisotopic (exact) mass is 292 g/mol. The zero-order valence-corrected chi connectivity index (χ0v) is 13.2. The molecule has 0 radical (unpaired) electrons. The maximum absolute atomic E-state index is 12.1. The summed E-state index contributed by atoms with van der Waals surface area (Å²) in [7, 11) is 0. The largest absolute Gasteiger partial charge is 0.465 e. The van der Waals surface area contributed by atoms with Gasteiger partial charge in [0, 0.05) is 0 Å². The SMILES string of the molecule is CCOC(=O)C(C(=O)OCC)[C@@H](C)[C@H](C)c1ccccc1. The Bertz CT molecular complexity index is 437. The minimum absolute atomic E-state index is 0.0463. The Morgan fingerprint density at radius 3 is 1.86 bits per heavy atom. The highest BCUT2D eigenvalue weighted by Gasteiger charge is 2.37.